The number of hydrogen-bond donors (Lipinski definition) is 5. The lowest BCUT2D eigenvalue weighted by atomic mass is 9.99. The second-order valence-corrected chi connectivity index (χ2v) is 13.4. The Bertz CT molecular complexity index is 769. The molecule has 43 heavy (non-hydrogen) atoms. The van der Waals surface area contributed by atoms with Crippen molar-refractivity contribution in [3.8, 4) is 0 Å². The van der Waals surface area contributed by atoms with Crippen molar-refractivity contribution in [3.05, 3.63) is 11.6 Å². The minimum Gasteiger partial charge on any atom is -0.426 e. The van der Waals surface area contributed by atoms with Gasteiger partial charge in [-0.15, -0.1) is 0 Å². The van der Waals surface area contributed by atoms with Gasteiger partial charge in [-0.1, -0.05) is 103 Å². The van der Waals surface area contributed by atoms with Gasteiger partial charge in [0.05, 0.1) is 36.6 Å². The fourth-order valence-corrected chi connectivity index (χ4v) is 6.45. The molecule has 5 N–H and O–H groups in total. The van der Waals surface area contributed by atoms with E-state index in [2.05, 4.69) is 6.92 Å². The van der Waals surface area contributed by atoms with Crippen molar-refractivity contribution in [1.82, 2.24) is 0 Å². The van der Waals surface area contributed by atoms with Gasteiger partial charge >= 0.3 is 5.97 Å². The number of rotatable bonds is 26. The molecule has 7 atom stereocenters. The Morgan fingerprint density at radius 2 is 1.12 bits per heavy atom. The van der Waals surface area contributed by atoms with Crippen molar-refractivity contribution in [3.63, 3.8) is 0 Å². The first-order valence-corrected chi connectivity index (χ1v) is 17.7. The first-order valence-electron chi connectivity index (χ1n) is 17.7. The van der Waals surface area contributed by atoms with Crippen molar-refractivity contribution in [1.29, 1.82) is 0 Å². The molecule has 252 valence electrons. The van der Waals surface area contributed by atoms with E-state index in [0.717, 1.165) is 57.8 Å². The van der Waals surface area contributed by atoms with Crippen LogP contribution in [0.1, 0.15) is 162 Å². The number of hydrogen-bond acceptors (Lipinski definition) is 8. The molecule has 0 saturated carbocycles. The van der Waals surface area contributed by atoms with E-state index in [-0.39, 0.29) is 24.7 Å². The van der Waals surface area contributed by atoms with Crippen LogP contribution < -0.4 is 0 Å². The highest BCUT2D eigenvalue weighted by atomic mass is 16.7. The maximum Gasteiger partial charge on any atom is 0.336 e. The number of carbonyl (C=O) groups excluding carboxylic acids is 1. The van der Waals surface area contributed by atoms with Crippen molar-refractivity contribution < 1.29 is 39.8 Å². The van der Waals surface area contributed by atoms with Crippen LogP contribution in [0.5, 0.6) is 0 Å². The molecule has 2 heterocycles. The molecular weight excluding hydrogens is 548 g/mol. The number of carbonyl (C=O) groups is 1. The summed E-state index contributed by atoms with van der Waals surface area (Å²) in [6, 6.07) is 0. The fraction of sp³-hybridized carbons (Fsp3) is 0.914. The van der Waals surface area contributed by atoms with E-state index in [4.69, 9.17) is 9.47 Å². The fourth-order valence-electron chi connectivity index (χ4n) is 6.45. The molecular formula is C35H64O8. The van der Waals surface area contributed by atoms with E-state index in [1.165, 1.54) is 70.8 Å². The Morgan fingerprint density at radius 3 is 1.63 bits per heavy atom. The SMILES string of the molecule is CCCCCCCCCCCC[C@@H](O)[C@H]1CC[C@H]([C@H](O)CCCCC(O)CCCCC[C@@H](O)CC2=C[C@@](C)(O)OC2=O)O1. The lowest BCUT2D eigenvalue weighted by Gasteiger charge is -2.22. The Kier molecular flexibility index (Phi) is 19.2. The van der Waals surface area contributed by atoms with Gasteiger partial charge < -0.3 is 35.0 Å². The van der Waals surface area contributed by atoms with Gasteiger partial charge in [0.1, 0.15) is 0 Å². The van der Waals surface area contributed by atoms with Gasteiger partial charge in [-0.25, -0.2) is 4.79 Å². The standard InChI is InChI=1S/C35H64O8/c1-3-4-5-6-7-8-9-10-11-15-21-30(38)32-23-24-33(42-32)31(39)22-17-16-19-28(36)18-13-12-14-20-29(37)25-27-26-35(2,41)43-34(27)40/h26,28-33,36-39,41H,3-25H2,1-2H3/t28?,29-,30-,31-,32-,33-,35+/m1/s1. The van der Waals surface area contributed by atoms with Crippen molar-refractivity contribution >= 4 is 5.97 Å². The topological polar surface area (TPSA) is 137 Å². The van der Waals surface area contributed by atoms with Gasteiger partial charge in [0, 0.05) is 18.9 Å². The van der Waals surface area contributed by atoms with Crippen LogP contribution in [0.2, 0.25) is 0 Å². The molecule has 1 unspecified atom stereocenters. The average molecular weight is 613 g/mol. The minimum atomic E-state index is -1.58. The van der Waals surface area contributed by atoms with Crippen molar-refractivity contribution in [2.45, 2.75) is 204 Å². The van der Waals surface area contributed by atoms with Crippen LogP contribution in [0, 0.1) is 0 Å². The number of esters is 1. The smallest absolute Gasteiger partial charge is 0.336 e. The van der Waals surface area contributed by atoms with Gasteiger partial charge in [0.2, 0.25) is 5.79 Å². The summed E-state index contributed by atoms with van der Waals surface area (Å²) in [7, 11) is 0. The summed E-state index contributed by atoms with van der Waals surface area (Å²) in [5.74, 6) is -2.16. The molecule has 0 amide bonds. The van der Waals surface area contributed by atoms with Crippen LogP contribution in [0.15, 0.2) is 11.6 Å². The summed E-state index contributed by atoms with van der Waals surface area (Å²) in [6.45, 7) is 3.64. The van der Waals surface area contributed by atoms with Crippen LogP contribution >= 0.6 is 0 Å². The van der Waals surface area contributed by atoms with Crippen LogP contribution in [-0.4, -0.2) is 73.9 Å². The van der Waals surface area contributed by atoms with E-state index in [1.807, 2.05) is 0 Å². The second-order valence-electron chi connectivity index (χ2n) is 13.4. The van der Waals surface area contributed by atoms with E-state index in [9.17, 15) is 30.3 Å². The van der Waals surface area contributed by atoms with Crippen LogP contribution in [0.25, 0.3) is 0 Å². The zero-order valence-corrected chi connectivity index (χ0v) is 27.3. The first kappa shape index (κ1) is 38.2. The summed E-state index contributed by atoms with van der Waals surface area (Å²) >= 11 is 0. The molecule has 8 nitrogen and oxygen atoms in total. The Labute approximate surface area is 261 Å². The zero-order chi connectivity index (χ0) is 31.5. The second kappa shape index (κ2) is 21.7. The molecule has 0 aliphatic carbocycles. The zero-order valence-electron chi connectivity index (χ0n) is 27.3. The van der Waals surface area contributed by atoms with Crippen LogP contribution in [0.3, 0.4) is 0 Å². The van der Waals surface area contributed by atoms with Crippen LogP contribution in [0.4, 0.5) is 0 Å². The van der Waals surface area contributed by atoms with Gasteiger partial charge in [0.25, 0.3) is 0 Å². The quantitative estimate of drug-likeness (QED) is 0.0561. The molecule has 0 aromatic carbocycles. The third kappa shape index (κ3) is 16.7. The number of aliphatic hydroxyl groups excluding tert-OH is 4. The van der Waals surface area contributed by atoms with Gasteiger partial charge in [-0.2, -0.15) is 0 Å². The van der Waals surface area contributed by atoms with E-state index < -0.39 is 30.1 Å². The summed E-state index contributed by atoms with van der Waals surface area (Å²) < 4.78 is 10.9. The first-order chi connectivity index (χ1) is 20.6. The predicted molar refractivity (Wildman–Crippen MR) is 169 cm³/mol. The highest BCUT2D eigenvalue weighted by molar-refractivity contribution is 5.91. The van der Waals surface area contributed by atoms with Crippen LogP contribution in [-0.2, 0) is 14.3 Å². The summed E-state index contributed by atoms with van der Waals surface area (Å²) in [5, 5.41) is 51.5. The summed E-state index contributed by atoms with van der Waals surface area (Å²) in [4.78, 5) is 11.7. The molecule has 2 aliphatic rings. The maximum atomic E-state index is 11.7. The monoisotopic (exact) mass is 612 g/mol. The summed E-state index contributed by atoms with van der Waals surface area (Å²) in [6.07, 6.45) is 21.3. The number of unbranched alkanes of at least 4 members (excludes halogenated alkanes) is 12. The van der Waals surface area contributed by atoms with E-state index >= 15 is 0 Å². The minimum absolute atomic E-state index is 0.159. The van der Waals surface area contributed by atoms with E-state index in [1.54, 1.807) is 0 Å². The molecule has 0 spiro atoms. The van der Waals surface area contributed by atoms with Crippen molar-refractivity contribution in [2.24, 2.45) is 0 Å². The average Bonchev–Trinajstić information content (AvgIpc) is 3.55. The molecule has 0 bridgehead atoms. The molecule has 2 aliphatic heterocycles. The maximum absolute atomic E-state index is 11.7. The third-order valence-corrected chi connectivity index (χ3v) is 9.12. The lowest BCUT2D eigenvalue weighted by Crippen LogP contribution is -2.31. The van der Waals surface area contributed by atoms with Gasteiger partial charge in [-0.3, -0.25) is 0 Å². The normalized spacial score (nSPS) is 25.0. The molecule has 0 aromatic heterocycles. The highest BCUT2D eigenvalue weighted by Gasteiger charge is 2.35. The molecule has 2 rings (SSSR count). The molecule has 0 aromatic rings. The number of aliphatic hydroxyl groups is 5. The third-order valence-electron chi connectivity index (χ3n) is 9.12. The Balaban J connectivity index is 1.42. The largest absolute Gasteiger partial charge is 0.426 e. The van der Waals surface area contributed by atoms with Crippen molar-refractivity contribution in [2.75, 3.05) is 0 Å². The van der Waals surface area contributed by atoms with E-state index in [0.29, 0.717) is 31.3 Å². The number of cyclic esters (lactones) is 1. The Hall–Kier alpha value is -1.03. The molecule has 1 saturated heterocycles. The molecule has 8 heteroatoms. The van der Waals surface area contributed by atoms with Gasteiger partial charge in [-0.05, 0) is 51.0 Å². The lowest BCUT2D eigenvalue weighted by molar-refractivity contribution is -0.173. The van der Waals surface area contributed by atoms with Gasteiger partial charge in [0.15, 0.2) is 0 Å². The highest BCUT2D eigenvalue weighted by Crippen LogP contribution is 2.29. The Morgan fingerprint density at radius 1 is 0.698 bits per heavy atom. The molecule has 0 radical (unpaired) electrons. The predicted octanol–water partition coefficient (Wildman–Crippen LogP) is 6.38. The number of ether oxygens (including phenoxy) is 2. The molecule has 1 fully saturated rings. The summed E-state index contributed by atoms with van der Waals surface area (Å²) in [5.41, 5.74) is 0.314.